The van der Waals surface area contributed by atoms with Gasteiger partial charge in [0.2, 0.25) is 5.91 Å². The van der Waals surface area contributed by atoms with Crippen LogP contribution in [0.2, 0.25) is 0 Å². The molecular formula is C19H26N2O4. The molecule has 1 aromatic carbocycles. The van der Waals surface area contributed by atoms with Gasteiger partial charge >= 0.3 is 0 Å². The Morgan fingerprint density at radius 3 is 2.76 bits per heavy atom. The van der Waals surface area contributed by atoms with Crippen LogP contribution in [0.1, 0.15) is 39.0 Å². The van der Waals surface area contributed by atoms with Crippen LogP contribution < -0.4 is 10.1 Å². The molecule has 1 saturated heterocycles. The van der Waals surface area contributed by atoms with Gasteiger partial charge in [-0.3, -0.25) is 9.59 Å². The van der Waals surface area contributed by atoms with E-state index in [4.69, 9.17) is 9.47 Å². The van der Waals surface area contributed by atoms with Crippen molar-refractivity contribution in [2.45, 2.75) is 51.2 Å². The van der Waals surface area contributed by atoms with E-state index in [1.54, 1.807) is 31.2 Å². The summed E-state index contributed by atoms with van der Waals surface area (Å²) in [5.74, 6) is 0.609. The highest BCUT2D eigenvalue weighted by Crippen LogP contribution is 2.28. The maximum Gasteiger partial charge on any atom is 0.260 e. The molecule has 1 aliphatic heterocycles. The van der Waals surface area contributed by atoms with Gasteiger partial charge in [0.05, 0.1) is 18.8 Å². The summed E-state index contributed by atoms with van der Waals surface area (Å²) >= 11 is 0. The molecule has 6 heteroatoms. The molecule has 2 amide bonds. The maximum atomic E-state index is 12.6. The summed E-state index contributed by atoms with van der Waals surface area (Å²) in [5.41, 5.74) is 0.726. The topological polar surface area (TPSA) is 67.9 Å². The number of amides is 2. The molecule has 2 atom stereocenters. The second-order valence-electron chi connectivity index (χ2n) is 6.56. The second kappa shape index (κ2) is 8.34. The molecule has 2 fully saturated rings. The van der Waals surface area contributed by atoms with Gasteiger partial charge in [-0.15, -0.1) is 0 Å². The lowest BCUT2D eigenvalue weighted by molar-refractivity contribution is -0.151. The lowest BCUT2D eigenvalue weighted by atomic mass is 9.90. The first-order valence-electron chi connectivity index (χ1n) is 9.11. The van der Waals surface area contributed by atoms with Gasteiger partial charge in [-0.1, -0.05) is 19.8 Å². The number of morpholine rings is 1. The summed E-state index contributed by atoms with van der Waals surface area (Å²) in [6, 6.07) is 7.28. The highest BCUT2D eigenvalue weighted by atomic mass is 16.5. The molecule has 0 bridgehead atoms. The first-order valence-corrected chi connectivity index (χ1v) is 9.11. The van der Waals surface area contributed by atoms with Gasteiger partial charge in [0, 0.05) is 18.7 Å². The number of carbonyl (C=O) groups excluding carboxylic acids is 2. The first-order chi connectivity index (χ1) is 12.2. The number of nitrogens with zero attached hydrogens (tertiary/aromatic N) is 1. The van der Waals surface area contributed by atoms with E-state index in [-0.39, 0.29) is 30.6 Å². The second-order valence-corrected chi connectivity index (χ2v) is 6.56. The third-order valence-electron chi connectivity index (χ3n) is 4.87. The molecule has 1 aliphatic carbocycles. The number of nitrogens with one attached hydrogen (secondary N) is 1. The zero-order valence-corrected chi connectivity index (χ0v) is 14.7. The maximum absolute atomic E-state index is 12.6. The predicted octanol–water partition coefficient (Wildman–Crippen LogP) is 2.58. The van der Waals surface area contributed by atoms with Crippen LogP contribution in [-0.2, 0) is 14.3 Å². The van der Waals surface area contributed by atoms with E-state index in [0.717, 1.165) is 24.9 Å². The Balaban J connectivity index is 1.52. The number of hydrogen-bond donors (Lipinski definition) is 1. The number of fused-ring (bicyclic) bond motifs is 1. The van der Waals surface area contributed by atoms with Crippen molar-refractivity contribution in [2.75, 3.05) is 25.1 Å². The number of benzene rings is 1. The first kappa shape index (κ1) is 17.7. The molecule has 2 aliphatic rings. The number of hydrogen-bond acceptors (Lipinski definition) is 4. The fraction of sp³-hybridized carbons (Fsp3) is 0.579. The van der Waals surface area contributed by atoms with Crippen molar-refractivity contribution in [1.82, 2.24) is 4.90 Å². The lowest BCUT2D eigenvalue weighted by Crippen LogP contribution is -2.55. The lowest BCUT2D eigenvalue weighted by Gasteiger charge is -2.43. The normalized spacial score (nSPS) is 22.8. The highest BCUT2D eigenvalue weighted by molar-refractivity contribution is 5.90. The number of rotatable bonds is 5. The summed E-state index contributed by atoms with van der Waals surface area (Å²) in [6.07, 6.45) is 5.02. The predicted molar refractivity (Wildman–Crippen MR) is 94.6 cm³/mol. The van der Waals surface area contributed by atoms with Crippen LogP contribution in [0, 0.1) is 0 Å². The molecule has 0 radical (unpaired) electrons. The number of anilines is 1. The van der Waals surface area contributed by atoms with Crippen LogP contribution in [0.25, 0.3) is 0 Å². The molecule has 1 N–H and O–H groups in total. The van der Waals surface area contributed by atoms with E-state index < -0.39 is 0 Å². The van der Waals surface area contributed by atoms with Gasteiger partial charge in [0.15, 0.2) is 6.61 Å². The largest absolute Gasteiger partial charge is 0.484 e. The molecule has 3 rings (SSSR count). The van der Waals surface area contributed by atoms with E-state index >= 15 is 0 Å². The van der Waals surface area contributed by atoms with Crippen molar-refractivity contribution in [3.8, 4) is 5.75 Å². The van der Waals surface area contributed by atoms with Crippen LogP contribution in [0.4, 0.5) is 5.69 Å². The third-order valence-corrected chi connectivity index (χ3v) is 4.87. The smallest absolute Gasteiger partial charge is 0.260 e. The SMILES string of the molecule is CCC(=O)Nc1ccc(OCC(=O)N2CCO[C@@H]3CCCC[C@H]32)cc1. The minimum atomic E-state index is -0.0294. The molecule has 1 aromatic rings. The van der Waals surface area contributed by atoms with Crippen LogP contribution in [0.15, 0.2) is 24.3 Å². The minimum absolute atomic E-state index is 0.0172. The van der Waals surface area contributed by atoms with Crippen LogP contribution in [0.5, 0.6) is 5.75 Å². The summed E-state index contributed by atoms with van der Waals surface area (Å²) < 4.78 is 11.5. The van der Waals surface area contributed by atoms with Gasteiger partial charge < -0.3 is 19.7 Å². The van der Waals surface area contributed by atoms with Gasteiger partial charge in [0.1, 0.15) is 5.75 Å². The molecule has 25 heavy (non-hydrogen) atoms. The minimum Gasteiger partial charge on any atom is -0.484 e. The Morgan fingerprint density at radius 2 is 2.00 bits per heavy atom. The summed E-state index contributed by atoms with van der Waals surface area (Å²) in [4.78, 5) is 25.9. The summed E-state index contributed by atoms with van der Waals surface area (Å²) in [7, 11) is 0. The van der Waals surface area contributed by atoms with Crippen LogP contribution >= 0.6 is 0 Å². The van der Waals surface area contributed by atoms with Gasteiger partial charge in [-0.05, 0) is 37.1 Å². The standard InChI is InChI=1S/C19H26N2O4/c1-2-18(22)20-14-7-9-15(10-8-14)25-13-19(23)21-11-12-24-17-6-4-3-5-16(17)21/h7-10,16-17H,2-6,11-13H2,1H3,(H,20,22)/t16-,17-/m1/s1. The molecule has 136 valence electrons. The van der Waals surface area contributed by atoms with Crippen molar-refractivity contribution in [3.63, 3.8) is 0 Å². The molecular weight excluding hydrogens is 320 g/mol. The number of carbonyl (C=O) groups is 2. The fourth-order valence-electron chi connectivity index (χ4n) is 3.52. The van der Waals surface area contributed by atoms with E-state index in [9.17, 15) is 9.59 Å². The zero-order chi connectivity index (χ0) is 17.6. The quantitative estimate of drug-likeness (QED) is 0.890. The van der Waals surface area contributed by atoms with Crippen molar-refractivity contribution in [1.29, 1.82) is 0 Å². The average molecular weight is 346 g/mol. The van der Waals surface area contributed by atoms with Gasteiger partial charge in [-0.2, -0.15) is 0 Å². The van der Waals surface area contributed by atoms with E-state index in [0.29, 0.717) is 25.3 Å². The Bertz CT molecular complexity index is 600. The third kappa shape index (κ3) is 4.51. The molecule has 0 aromatic heterocycles. The number of ether oxygens (including phenoxy) is 2. The molecule has 0 spiro atoms. The fourth-order valence-corrected chi connectivity index (χ4v) is 3.52. The Morgan fingerprint density at radius 1 is 1.24 bits per heavy atom. The van der Waals surface area contributed by atoms with E-state index in [1.165, 1.54) is 6.42 Å². The molecule has 1 heterocycles. The average Bonchev–Trinajstić information content (AvgIpc) is 2.66. The molecule has 0 unspecified atom stereocenters. The highest BCUT2D eigenvalue weighted by Gasteiger charge is 2.36. The van der Waals surface area contributed by atoms with Crippen LogP contribution in [0.3, 0.4) is 0 Å². The van der Waals surface area contributed by atoms with Gasteiger partial charge in [-0.25, -0.2) is 0 Å². The van der Waals surface area contributed by atoms with Gasteiger partial charge in [0.25, 0.3) is 5.91 Å². The van der Waals surface area contributed by atoms with Crippen molar-refractivity contribution < 1.29 is 19.1 Å². The molecule has 6 nitrogen and oxygen atoms in total. The Kier molecular flexibility index (Phi) is 5.91. The van der Waals surface area contributed by atoms with Crippen molar-refractivity contribution in [3.05, 3.63) is 24.3 Å². The zero-order valence-electron chi connectivity index (χ0n) is 14.7. The summed E-state index contributed by atoms with van der Waals surface area (Å²) in [6.45, 7) is 3.09. The molecule has 1 saturated carbocycles. The van der Waals surface area contributed by atoms with Crippen molar-refractivity contribution in [2.24, 2.45) is 0 Å². The summed E-state index contributed by atoms with van der Waals surface area (Å²) in [5, 5.41) is 2.78. The monoisotopic (exact) mass is 346 g/mol. The Hall–Kier alpha value is -2.08. The van der Waals surface area contributed by atoms with E-state index in [1.807, 2.05) is 4.90 Å². The Labute approximate surface area is 148 Å². The van der Waals surface area contributed by atoms with Crippen molar-refractivity contribution >= 4 is 17.5 Å². The van der Waals surface area contributed by atoms with E-state index in [2.05, 4.69) is 5.32 Å². The van der Waals surface area contributed by atoms with Crippen LogP contribution in [-0.4, -0.2) is 48.6 Å².